The van der Waals surface area contributed by atoms with Crippen LogP contribution in [-0.4, -0.2) is 38.6 Å². The van der Waals surface area contributed by atoms with Gasteiger partial charge in [-0.15, -0.1) is 0 Å². The van der Waals surface area contributed by atoms with Gasteiger partial charge in [-0.2, -0.15) is 0 Å². The maximum Gasteiger partial charge on any atom is 0.316 e. The lowest BCUT2D eigenvalue weighted by Gasteiger charge is -2.16. The Balaban J connectivity index is 1.90. The van der Waals surface area contributed by atoms with Crippen LogP contribution >= 0.6 is 0 Å². The van der Waals surface area contributed by atoms with Gasteiger partial charge in [-0.1, -0.05) is 24.3 Å². The van der Waals surface area contributed by atoms with Crippen LogP contribution < -0.4 is 19.7 Å². The van der Waals surface area contributed by atoms with Gasteiger partial charge in [0.05, 0.1) is 13.2 Å². The minimum Gasteiger partial charge on any atom is -0.490 e. The molecule has 0 bridgehead atoms. The molecule has 6 heteroatoms. The molecule has 0 fully saturated rings. The third kappa shape index (κ3) is 5.74. The number of hydrogen-bond donors (Lipinski definition) is 1. The van der Waals surface area contributed by atoms with Gasteiger partial charge in [0.2, 0.25) is 0 Å². The zero-order valence-electron chi connectivity index (χ0n) is 16.0. The summed E-state index contributed by atoms with van der Waals surface area (Å²) in [5.41, 5.74) is 1.66. The molecule has 0 aliphatic heterocycles. The molecular formula is C21H26N2O4. The lowest BCUT2D eigenvalue weighted by molar-refractivity contribution is -0.137. The first-order valence-corrected chi connectivity index (χ1v) is 9.06. The number of hydrogen-bond acceptors (Lipinski definition) is 4. The van der Waals surface area contributed by atoms with Crippen molar-refractivity contribution in [2.24, 2.45) is 0 Å². The Hall–Kier alpha value is -3.02. The largest absolute Gasteiger partial charge is 0.490 e. The van der Waals surface area contributed by atoms with E-state index in [1.54, 1.807) is 19.2 Å². The smallest absolute Gasteiger partial charge is 0.316 e. The van der Waals surface area contributed by atoms with Crippen molar-refractivity contribution in [2.75, 3.05) is 31.7 Å². The highest BCUT2D eigenvalue weighted by atomic mass is 16.5. The number of benzene rings is 2. The maximum absolute atomic E-state index is 12.2. The Morgan fingerprint density at radius 1 is 0.963 bits per heavy atom. The zero-order chi connectivity index (χ0) is 19.6. The number of amides is 2. The van der Waals surface area contributed by atoms with Crippen LogP contribution in [0.25, 0.3) is 0 Å². The SMILES string of the molecule is CCOc1ccc(CCNC(=O)C(=O)N(C)c2ccccc2)cc1OCC. The molecule has 2 aromatic carbocycles. The van der Waals surface area contributed by atoms with Crippen molar-refractivity contribution in [1.29, 1.82) is 0 Å². The molecular weight excluding hydrogens is 344 g/mol. The molecule has 0 aromatic heterocycles. The van der Waals surface area contributed by atoms with E-state index >= 15 is 0 Å². The molecule has 0 spiro atoms. The highest BCUT2D eigenvalue weighted by Crippen LogP contribution is 2.28. The first-order valence-electron chi connectivity index (χ1n) is 9.06. The third-order valence-electron chi connectivity index (χ3n) is 3.95. The topological polar surface area (TPSA) is 67.9 Å². The summed E-state index contributed by atoms with van der Waals surface area (Å²) in [4.78, 5) is 25.7. The second kappa shape index (κ2) is 10.2. The summed E-state index contributed by atoms with van der Waals surface area (Å²) in [5.74, 6) is 0.162. The first kappa shape index (κ1) is 20.3. The van der Waals surface area contributed by atoms with Crippen molar-refractivity contribution in [3.05, 3.63) is 54.1 Å². The van der Waals surface area contributed by atoms with E-state index in [0.29, 0.717) is 43.4 Å². The van der Waals surface area contributed by atoms with Crippen LogP contribution in [0.15, 0.2) is 48.5 Å². The lowest BCUT2D eigenvalue weighted by atomic mass is 10.1. The predicted molar refractivity (Wildman–Crippen MR) is 105 cm³/mol. The average Bonchev–Trinajstić information content (AvgIpc) is 2.69. The van der Waals surface area contributed by atoms with E-state index in [1.165, 1.54) is 4.90 Å². The van der Waals surface area contributed by atoms with Crippen molar-refractivity contribution in [3.8, 4) is 11.5 Å². The Labute approximate surface area is 160 Å². The van der Waals surface area contributed by atoms with Gasteiger partial charge in [-0.05, 0) is 50.1 Å². The molecule has 0 atom stereocenters. The number of carbonyl (C=O) groups is 2. The molecule has 2 amide bonds. The Bertz CT molecular complexity index is 762. The lowest BCUT2D eigenvalue weighted by Crippen LogP contribution is -2.41. The minimum atomic E-state index is -0.627. The van der Waals surface area contributed by atoms with Gasteiger partial charge < -0.3 is 19.7 Å². The van der Waals surface area contributed by atoms with Crippen molar-refractivity contribution in [3.63, 3.8) is 0 Å². The van der Waals surface area contributed by atoms with Gasteiger partial charge in [0.1, 0.15) is 0 Å². The van der Waals surface area contributed by atoms with Crippen LogP contribution in [0.1, 0.15) is 19.4 Å². The molecule has 0 aliphatic rings. The molecule has 0 aliphatic carbocycles. The molecule has 6 nitrogen and oxygen atoms in total. The number of likely N-dealkylation sites (N-methyl/N-ethyl adjacent to an activating group) is 1. The fourth-order valence-electron chi connectivity index (χ4n) is 2.57. The van der Waals surface area contributed by atoms with E-state index in [2.05, 4.69) is 5.32 Å². The van der Waals surface area contributed by atoms with Crippen LogP contribution in [0.5, 0.6) is 11.5 Å². The van der Waals surface area contributed by atoms with Crippen molar-refractivity contribution in [2.45, 2.75) is 20.3 Å². The average molecular weight is 370 g/mol. The molecule has 2 aromatic rings. The second-order valence-electron chi connectivity index (χ2n) is 5.85. The molecule has 27 heavy (non-hydrogen) atoms. The quantitative estimate of drug-likeness (QED) is 0.726. The monoisotopic (exact) mass is 370 g/mol. The van der Waals surface area contributed by atoms with Gasteiger partial charge in [-0.3, -0.25) is 9.59 Å². The van der Waals surface area contributed by atoms with Gasteiger partial charge >= 0.3 is 11.8 Å². The summed E-state index contributed by atoms with van der Waals surface area (Å²) >= 11 is 0. The number of ether oxygens (including phenoxy) is 2. The first-order chi connectivity index (χ1) is 13.1. The third-order valence-corrected chi connectivity index (χ3v) is 3.95. The van der Waals surface area contributed by atoms with E-state index in [-0.39, 0.29) is 0 Å². The number of rotatable bonds is 8. The van der Waals surface area contributed by atoms with Crippen LogP contribution in [0.3, 0.4) is 0 Å². The highest BCUT2D eigenvalue weighted by molar-refractivity contribution is 6.40. The summed E-state index contributed by atoms with van der Waals surface area (Å²) < 4.78 is 11.1. The Morgan fingerprint density at radius 2 is 1.63 bits per heavy atom. The van der Waals surface area contributed by atoms with Crippen LogP contribution in [0.4, 0.5) is 5.69 Å². The van der Waals surface area contributed by atoms with Gasteiger partial charge in [0, 0.05) is 19.3 Å². The fraction of sp³-hybridized carbons (Fsp3) is 0.333. The number of carbonyl (C=O) groups excluding carboxylic acids is 2. The van der Waals surface area contributed by atoms with E-state index in [9.17, 15) is 9.59 Å². The maximum atomic E-state index is 12.2. The van der Waals surface area contributed by atoms with Crippen molar-refractivity contribution >= 4 is 17.5 Å². The Morgan fingerprint density at radius 3 is 2.30 bits per heavy atom. The number of nitrogens with zero attached hydrogens (tertiary/aromatic N) is 1. The molecule has 0 radical (unpaired) electrons. The van der Waals surface area contributed by atoms with Gasteiger partial charge in [-0.25, -0.2) is 0 Å². The summed E-state index contributed by atoms with van der Waals surface area (Å²) in [6, 6.07) is 14.7. The number of nitrogens with one attached hydrogen (secondary N) is 1. The molecule has 144 valence electrons. The fourth-order valence-corrected chi connectivity index (χ4v) is 2.57. The van der Waals surface area contributed by atoms with E-state index in [0.717, 1.165) is 5.56 Å². The van der Waals surface area contributed by atoms with Gasteiger partial charge in [0.15, 0.2) is 11.5 Å². The summed E-state index contributed by atoms with van der Waals surface area (Å²) in [7, 11) is 1.58. The normalized spacial score (nSPS) is 10.2. The van der Waals surface area contributed by atoms with Crippen LogP contribution in [-0.2, 0) is 16.0 Å². The van der Waals surface area contributed by atoms with E-state index < -0.39 is 11.8 Å². The molecule has 0 heterocycles. The molecule has 2 rings (SSSR count). The van der Waals surface area contributed by atoms with E-state index in [1.807, 2.05) is 50.2 Å². The van der Waals surface area contributed by atoms with Crippen LogP contribution in [0.2, 0.25) is 0 Å². The molecule has 1 N–H and O–H groups in total. The summed E-state index contributed by atoms with van der Waals surface area (Å²) in [6.07, 6.45) is 0.584. The van der Waals surface area contributed by atoms with E-state index in [4.69, 9.17) is 9.47 Å². The summed E-state index contributed by atoms with van der Waals surface area (Å²) in [5, 5.41) is 2.67. The highest BCUT2D eigenvalue weighted by Gasteiger charge is 2.19. The standard InChI is InChI=1S/C21H26N2O4/c1-4-26-18-12-11-16(15-19(18)27-5-2)13-14-22-20(24)21(25)23(3)17-9-7-6-8-10-17/h6-12,15H,4-5,13-14H2,1-3H3,(H,22,24). The summed E-state index contributed by atoms with van der Waals surface area (Å²) in [6.45, 7) is 5.29. The minimum absolute atomic E-state index is 0.354. The predicted octanol–water partition coefficient (Wildman–Crippen LogP) is 2.81. The molecule has 0 unspecified atom stereocenters. The Kier molecular flexibility index (Phi) is 7.67. The zero-order valence-corrected chi connectivity index (χ0v) is 16.0. The van der Waals surface area contributed by atoms with Crippen molar-refractivity contribution in [1.82, 2.24) is 5.32 Å². The molecule has 0 saturated heterocycles. The van der Waals surface area contributed by atoms with Gasteiger partial charge in [0.25, 0.3) is 0 Å². The number of anilines is 1. The number of para-hydroxylation sites is 1. The second-order valence-corrected chi connectivity index (χ2v) is 5.85. The van der Waals surface area contributed by atoms with Crippen molar-refractivity contribution < 1.29 is 19.1 Å². The molecule has 0 saturated carbocycles. The van der Waals surface area contributed by atoms with Crippen LogP contribution in [0, 0.1) is 0 Å².